The van der Waals surface area contributed by atoms with Gasteiger partial charge in [-0.3, -0.25) is 0 Å². The van der Waals surface area contributed by atoms with Crippen LogP contribution in [0.2, 0.25) is 0 Å². The Balaban J connectivity index is 2.71. The lowest BCUT2D eigenvalue weighted by Gasteiger charge is -2.19. The van der Waals surface area contributed by atoms with Crippen LogP contribution in [0, 0.1) is 0 Å². The monoisotopic (exact) mass is 148 g/mol. The van der Waals surface area contributed by atoms with E-state index in [4.69, 9.17) is 14.9 Å². The van der Waals surface area contributed by atoms with Crippen molar-refractivity contribution in [3.63, 3.8) is 0 Å². The number of aliphatic hydroxyl groups excluding tert-OH is 2. The van der Waals surface area contributed by atoms with Crippen LogP contribution in [0.1, 0.15) is 13.8 Å². The highest BCUT2D eigenvalue weighted by Crippen LogP contribution is 2.27. The number of hydrogen-bond donors (Lipinski definition) is 3. The van der Waals surface area contributed by atoms with Gasteiger partial charge in [0.05, 0.1) is 6.10 Å². The summed E-state index contributed by atoms with van der Waals surface area (Å²) in [5.41, 5.74) is 0. The molecule has 1 aliphatic rings. The molecule has 0 saturated carbocycles. The van der Waals surface area contributed by atoms with Crippen molar-refractivity contribution in [1.82, 2.24) is 0 Å². The SMILES string of the molecule is C[C@H]1OC(C)(O)C(O)C1O. The van der Waals surface area contributed by atoms with Gasteiger partial charge in [-0.15, -0.1) is 0 Å². The molecule has 3 unspecified atom stereocenters. The Morgan fingerprint density at radius 3 is 2.00 bits per heavy atom. The lowest BCUT2D eigenvalue weighted by Crippen LogP contribution is -2.40. The van der Waals surface area contributed by atoms with Crippen LogP contribution in [0.15, 0.2) is 0 Å². The third kappa shape index (κ3) is 1.03. The second-order valence-electron chi connectivity index (χ2n) is 2.81. The van der Waals surface area contributed by atoms with Crippen molar-refractivity contribution in [2.45, 2.75) is 37.9 Å². The molecule has 0 aromatic rings. The maximum Gasteiger partial charge on any atom is 0.192 e. The van der Waals surface area contributed by atoms with Crippen LogP contribution < -0.4 is 0 Å². The minimum absolute atomic E-state index is 0.509. The zero-order valence-corrected chi connectivity index (χ0v) is 5.98. The van der Waals surface area contributed by atoms with E-state index in [-0.39, 0.29) is 0 Å². The normalized spacial score (nSPS) is 55.5. The lowest BCUT2D eigenvalue weighted by atomic mass is 10.1. The van der Waals surface area contributed by atoms with Gasteiger partial charge in [0, 0.05) is 0 Å². The Hall–Kier alpha value is -0.160. The Bertz CT molecular complexity index is 134. The fraction of sp³-hybridized carbons (Fsp3) is 1.00. The molecular formula is C6H12O4. The predicted octanol–water partition coefficient (Wildman–Crippen LogP) is -1.16. The standard InChI is InChI=1S/C6H12O4/c1-3-4(7)5(8)6(2,9)10-3/h3-5,7-9H,1-2H3/t3-,4?,5?,6?/m1/s1. The fourth-order valence-corrected chi connectivity index (χ4v) is 1.09. The summed E-state index contributed by atoms with van der Waals surface area (Å²) in [5.74, 6) is -1.60. The molecule has 4 heteroatoms. The summed E-state index contributed by atoms with van der Waals surface area (Å²) in [5, 5.41) is 27.3. The molecule has 10 heavy (non-hydrogen) atoms. The molecule has 4 nitrogen and oxygen atoms in total. The average molecular weight is 148 g/mol. The van der Waals surface area contributed by atoms with Gasteiger partial charge in [0.25, 0.3) is 0 Å². The molecule has 0 amide bonds. The molecule has 0 bridgehead atoms. The van der Waals surface area contributed by atoms with Gasteiger partial charge in [0.2, 0.25) is 0 Å². The summed E-state index contributed by atoms with van der Waals surface area (Å²) < 4.78 is 4.83. The molecule has 1 rings (SSSR count). The van der Waals surface area contributed by atoms with Crippen LogP contribution in [0.3, 0.4) is 0 Å². The van der Waals surface area contributed by atoms with Crippen molar-refractivity contribution in [3.8, 4) is 0 Å². The van der Waals surface area contributed by atoms with E-state index in [0.717, 1.165) is 0 Å². The number of rotatable bonds is 0. The smallest absolute Gasteiger partial charge is 0.192 e. The van der Waals surface area contributed by atoms with Gasteiger partial charge in [-0.2, -0.15) is 0 Å². The van der Waals surface area contributed by atoms with Crippen LogP contribution in [-0.4, -0.2) is 39.4 Å². The molecule has 0 spiro atoms. The molecule has 60 valence electrons. The molecule has 0 aromatic heterocycles. The third-order valence-corrected chi connectivity index (χ3v) is 1.78. The third-order valence-electron chi connectivity index (χ3n) is 1.78. The summed E-state index contributed by atoms with van der Waals surface area (Å²) in [4.78, 5) is 0. The zero-order valence-electron chi connectivity index (χ0n) is 5.98. The maximum atomic E-state index is 9.17. The van der Waals surface area contributed by atoms with E-state index in [1.54, 1.807) is 6.92 Å². The van der Waals surface area contributed by atoms with Gasteiger partial charge >= 0.3 is 0 Å². The van der Waals surface area contributed by atoms with Crippen LogP contribution in [-0.2, 0) is 4.74 Å². The summed E-state index contributed by atoms with van der Waals surface area (Å²) in [6.07, 6.45) is -2.71. The molecule has 0 radical (unpaired) electrons. The van der Waals surface area contributed by atoms with Crippen molar-refractivity contribution in [2.75, 3.05) is 0 Å². The van der Waals surface area contributed by atoms with Gasteiger partial charge < -0.3 is 20.1 Å². The Labute approximate surface area is 59.1 Å². The van der Waals surface area contributed by atoms with Crippen LogP contribution >= 0.6 is 0 Å². The quantitative estimate of drug-likeness (QED) is 0.405. The van der Waals surface area contributed by atoms with Crippen LogP contribution in [0.5, 0.6) is 0 Å². The Kier molecular flexibility index (Phi) is 1.72. The lowest BCUT2D eigenvalue weighted by molar-refractivity contribution is -0.212. The van der Waals surface area contributed by atoms with E-state index < -0.39 is 24.1 Å². The van der Waals surface area contributed by atoms with E-state index in [9.17, 15) is 5.11 Å². The maximum absolute atomic E-state index is 9.17. The second kappa shape index (κ2) is 2.17. The average Bonchev–Trinajstić information content (AvgIpc) is 1.95. The van der Waals surface area contributed by atoms with E-state index in [2.05, 4.69) is 0 Å². The van der Waals surface area contributed by atoms with E-state index >= 15 is 0 Å². The first-order valence-corrected chi connectivity index (χ1v) is 3.21. The summed E-state index contributed by atoms with van der Waals surface area (Å²) >= 11 is 0. The molecule has 4 atom stereocenters. The van der Waals surface area contributed by atoms with Crippen molar-refractivity contribution in [1.29, 1.82) is 0 Å². The van der Waals surface area contributed by atoms with Crippen molar-refractivity contribution in [3.05, 3.63) is 0 Å². The molecule has 1 heterocycles. The molecule has 1 saturated heterocycles. The van der Waals surface area contributed by atoms with E-state index in [0.29, 0.717) is 0 Å². The zero-order chi connectivity index (χ0) is 7.94. The first-order chi connectivity index (χ1) is 4.45. The highest BCUT2D eigenvalue weighted by atomic mass is 16.7. The number of hydrogen-bond acceptors (Lipinski definition) is 4. The largest absolute Gasteiger partial charge is 0.387 e. The van der Waals surface area contributed by atoms with E-state index in [1.807, 2.05) is 0 Å². The topological polar surface area (TPSA) is 69.9 Å². The predicted molar refractivity (Wildman–Crippen MR) is 33.2 cm³/mol. The van der Waals surface area contributed by atoms with Gasteiger partial charge in [0.15, 0.2) is 5.79 Å². The van der Waals surface area contributed by atoms with Crippen LogP contribution in [0.4, 0.5) is 0 Å². The number of aliphatic hydroxyl groups is 3. The van der Waals surface area contributed by atoms with Crippen molar-refractivity contribution >= 4 is 0 Å². The first-order valence-electron chi connectivity index (χ1n) is 3.21. The van der Waals surface area contributed by atoms with Crippen molar-refractivity contribution < 1.29 is 20.1 Å². The van der Waals surface area contributed by atoms with Crippen molar-refractivity contribution in [2.24, 2.45) is 0 Å². The Morgan fingerprint density at radius 1 is 1.40 bits per heavy atom. The highest BCUT2D eigenvalue weighted by molar-refractivity contribution is 4.90. The molecule has 3 N–H and O–H groups in total. The van der Waals surface area contributed by atoms with Gasteiger partial charge in [-0.25, -0.2) is 0 Å². The summed E-state index contributed by atoms with van der Waals surface area (Å²) in [6.45, 7) is 2.92. The summed E-state index contributed by atoms with van der Waals surface area (Å²) in [7, 11) is 0. The van der Waals surface area contributed by atoms with Gasteiger partial charge in [-0.1, -0.05) is 0 Å². The molecule has 1 aliphatic heterocycles. The van der Waals surface area contributed by atoms with Gasteiger partial charge in [-0.05, 0) is 13.8 Å². The fourth-order valence-electron chi connectivity index (χ4n) is 1.09. The van der Waals surface area contributed by atoms with E-state index in [1.165, 1.54) is 6.92 Å². The second-order valence-corrected chi connectivity index (χ2v) is 2.81. The highest BCUT2D eigenvalue weighted by Gasteiger charge is 2.48. The van der Waals surface area contributed by atoms with Crippen LogP contribution in [0.25, 0.3) is 0 Å². The Morgan fingerprint density at radius 2 is 1.90 bits per heavy atom. The minimum atomic E-state index is -1.60. The number of ether oxygens (including phenoxy) is 1. The molecule has 0 aliphatic carbocycles. The van der Waals surface area contributed by atoms with Gasteiger partial charge in [0.1, 0.15) is 12.2 Å². The minimum Gasteiger partial charge on any atom is -0.387 e. The molecule has 1 fully saturated rings. The first kappa shape index (κ1) is 7.94. The summed E-state index contributed by atoms with van der Waals surface area (Å²) in [6, 6.07) is 0. The molecule has 0 aromatic carbocycles. The molecular weight excluding hydrogens is 136 g/mol.